The Morgan fingerprint density at radius 3 is 1.91 bits per heavy atom. The molecule has 0 spiro atoms. The third-order valence-electron chi connectivity index (χ3n) is 11.2. The summed E-state index contributed by atoms with van der Waals surface area (Å²) in [6, 6.07) is 62.6. The average Bonchev–Trinajstić information content (AvgIpc) is 3.84. The minimum atomic E-state index is 0.789. The van der Waals surface area contributed by atoms with Crippen LogP contribution < -0.4 is 14.5 Å². The Morgan fingerprint density at radius 2 is 1.14 bits per heavy atom. The molecular weight excluding hydrogens is 685 g/mol. The minimum Gasteiger partial charge on any atom is -0.461 e. The highest BCUT2D eigenvalue weighted by atomic mass is 16.5. The molecule has 1 aromatic heterocycles. The molecule has 4 nitrogen and oxygen atoms in total. The summed E-state index contributed by atoms with van der Waals surface area (Å²) >= 11 is 0. The van der Waals surface area contributed by atoms with Crippen LogP contribution in [0, 0.1) is 0 Å². The van der Waals surface area contributed by atoms with Crippen LogP contribution in [0.2, 0.25) is 0 Å². The number of fused-ring (bicyclic) bond motifs is 4. The van der Waals surface area contributed by atoms with E-state index in [1.165, 1.54) is 37.9 Å². The first-order valence-corrected chi connectivity index (χ1v) is 19.1. The molecule has 0 radical (unpaired) electrons. The van der Waals surface area contributed by atoms with Crippen molar-refractivity contribution < 1.29 is 9.15 Å². The quantitative estimate of drug-likeness (QED) is 0.153. The first-order chi connectivity index (χ1) is 27.7. The molecule has 0 saturated heterocycles. The van der Waals surface area contributed by atoms with Crippen molar-refractivity contribution in [2.75, 3.05) is 9.80 Å². The van der Waals surface area contributed by atoms with Crippen LogP contribution in [0.4, 0.5) is 28.4 Å². The number of allylic oxidation sites excluding steroid dienone is 4. The van der Waals surface area contributed by atoms with Crippen molar-refractivity contribution in [3.8, 4) is 5.75 Å². The van der Waals surface area contributed by atoms with Crippen LogP contribution in [-0.2, 0) is 6.42 Å². The van der Waals surface area contributed by atoms with E-state index in [0.717, 1.165) is 74.0 Å². The summed E-state index contributed by atoms with van der Waals surface area (Å²) in [7, 11) is 0. The lowest BCUT2D eigenvalue weighted by molar-refractivity contribution is 0.446. The van der Waals surface area contributed by atoms with E-state index in [0.29, 0.717) is 0 Å². The Kier molecular flexibility index (Phi) is 7.42. The second kappa shape index (κ2) is 12.9. The number of hydrogen-bond donors (Lipinski definition) is 0. The average molecular weight is 721 g/mol. The second-order valence-corrected chi connectivity index (χ2v) is 14.5. The van der Waals surface area contributed by atoms with Crippen molar-refractivity contribution >= 4 is 82.7 Å². The van der Waals surface area contributed by atoms with E-state index < -0.39 is 0 Å². The molecule has 0 N–H and O–H groups in total. The first-order valence-electron chi connectivity index (χ1n) is 19.1. The van der Waals surface area contributed by atoms with Crippen molar-refractivity contribution in [3.63, 3.8) is 0 Å². The third-order valence-corrected chi connectivity index (χ3v) is 11.2. The standard InChI is InChI=1S/C52H36N2O2/c1-34(26-28-41-30-35-14-8-10-24-48(35)55-41)53(38-17-4-2-5-18-38)46-31-36-15-13-23-44-47(32-37-16-12-22-43(46)51(37)52(36)44)54(39-19-6-3-7-20-39)40-27-29-50-45(33-40)42-21-9-11-25-49(42)56-50/h2-29,31-33H,30H2,1H3/b34-26+,41-28+. The van der Waals surface area contributed by atoms with E-state index in [9.17, 15) is 0 Å². The van der Waals surface area contributed by atoms with E-state index in [4.69, 9.17) is 9.15 Å². The van der Waals surface area contributed by atoms with Crippen molar-refractivity contribution in [2.45, 2.75) is 13.3 Å². The Balaban J connectivity index is 1.11. The van der Waals surface area contributed by atoms with Gasteiger partial charge in [0.15, 0.2) is 0 Å². The largest absolute Gasteiger partial charge is 0.461 e. The number of anilines is 5. The van der Waals surface area contributed by atoms with Gasteiger partial charge in [0.05, 0.1) is 11.4 Å². The molecule has 9 aromatic carbocycles. The molecule has 0 amide bonds. The minimum absolute atomic E-state index is 0.789. The van der Waals surface area contributed by atoms with Crippen LogP contribution in [0.25, 0.3) is 54.3 Å². The molecule has 4 heteroatoms. The summed E-state index contributed by atoms with van der Waals surface area (Å²) < 4.78 is 12.5. The summed E-state index contributed by atoms with van der Waals surface area (Å²) in [6.45, 7) is 2.18. The van der Waals surface area contributed by atoms with E-state index >= 15 is 0 Å². The van der Waals surface area contributed by atoms with Crippen LogP contribution in [0.3, 0.4) is 0 Å². The highest BCUT2D eigenvalue weighted by molar-refractivity contribution is 6.29. The van der Waals surface area contributed by atoms with Gasteiger partial charge in [-0.15, -0.1) is 0 Å². The third kappa shape index (κ3) is 5.22. The molecule has 0 atom stereocenters. The molecule has 2 heterocycles. The van der Waals surface area contributed by atoms with Crippen molar-refractivity contribution in [2.24, 2.45) is 0 Å². The Labute approximate surface area is 324 Å². The lowest BCUT2D eigenvalue weighted by Crippen LogP contribution is -2.15. The van der Waals surface area contributed by atoms with Gasteiger partial charge in [-0.05, 0) is 107 Å². The molecule has 0 saturated carbocycles. The fourth-order valence-corrected chi connectivity index (χ4v) is 8.65. The van der Waals surface area contributed by atoms with Gasteiger partial charge in [0.2, 0.25) is 0 Å². The summed E-state index contributed by atoms with van der Waals surface area (Å²) in [4.78, 5) is 4.77. The molecular formula is C52H36N2O2. The Bertz CT molecular complexity index is 3130. The zero-order valence-corrected chi connectivity index (χ0v) is 30.8. The monoisotopic (exact) mass is 720 g/mol. The molecule has 0 unspecified atom stereocenters. The molecule has 266 valence electrons. The summed E-state index contributed by atoms with van der Waals surface area (Å²) in [5.74, 6) is 1.89. The van der Waals surface area contributed by atoms with Gasteiger partial charge in [-0.1, -0.05) is 109 Å². The second-order valence-electron chi connectivity index (χ2n) is 14.5. The lowest BCUT2D eigenvalue weighted by Gasteiger charge is -2.30. The smallest absolute Gasteiger partial charge is 0.135 e. The number of hydrogen-bond acceptors (Lipinski definition) is 4. The zero-order chi connectivity index (χ0) is 37.2. The maximum absolute atomic E-state index is 6.25. The number of ether oxygens (including phenoxy) is 1. The number of para-hydroxylation sites is 4. The fraction of sp³-hybridized carbons (Fsp3) is 0.0385. The molecule has 10 aromatic rings. The number of benzene rings is 9. The molecule has 56 heavy (non-hydrogen) atoms. The Hall–Kier alpha value is -7.30. The van der Waals surface area contributed by atoms with Crippen LogP contribution in [0.15, 0.2) is 204 Å². The summed E-state index contributed by atoms with van der Waals surface area (Å²) in [6.07, 6.45) is 5.10. The van der Waals surface area contributed by atoms with Crippen LogP contribution in [0.1, 0.15) is 12.5 Å². The van der Waals surface area contributed by atoms with Gasteiger partial charge >= 0.3 is 0 Å². The Morgan fingerprint density at radius 1 is 0.518 bits per heavy atom. The first kappa shape index (κ1) is 32.2. The molecule has 1 aliphatic rings. The normalized spacial score (nSPS) is 13.7. The van der Waals surface area contributed by atoms with Gasteiger partial charge in [-0.3, -0.25) is 0 Å². The lowest BCUT2D eigenvalue weighted by atomic mass is 9.91. The fourth-order valence-electron chi connectivity index (χ4n) is 8.65. The SMILES string of the molecule is C/C(=C\C=C1/Cc2ccccc2O1)N(c1ccccc1)c1cc2cccc3c(N(c4ccccc4)c4ccc5oc6ccccc6c5c4)cc4cccc1c4c23. The number of nitrogens with zero attached hydrogens (tertiary/aromatic N) is 2. The van der Waals surface area contributed by atoms with Crippen LogP contribution in [0.5, 0.6) is 5.75 Å². The maximum atomic E-state index is 6.25. The van der Waals surface area contributed by atoms with Gasteiger partial charge < -0.3 is 19.0 Å². The van der Waals surface area contributed by atoms with Gasteiger partial charge in [0.1, 0.15) is 22.7 Å². The molecule has 1 aliphatic heterocycles. The highest BCUT2D eigenvalue weighted by Crippen LogP contribution is 2.49. The molecule has 0 bridgehead atoms. The van der Waals surface area contributed by atoms with Gasteiger partial charge in [0.25, 0.3) is 0 Å². The van der Waals surface area contributed by atoms with Gasteiger partial charge in [-0.25, -0.2) is 0 Å². The predicted molar refractivity (Wildman–Crippen MR) is 233 cm³/mol. The van der Waals surface area contributed by atoms with Crippen molar-refractivity contribution in [1.82, 2.24) is 0 Å². The zero-order valence-electron chi connectivity index (χ0n) is 30.8. The topological polar surface area (TPSA) is 28.9 Å². The van der Waals surface area contributed by atoms with E-state index in [2.05, 4.69) is 181 Å². The van der Waals surface area contributed by atoms with Gasteiger partial charge in [-0.2, -0.15) is 0 Å². The maximum Gasteiger partial charge on any atom is 0.135 e. The van der Waals surface area contributed by atoms with Crippen LogP contribution in [-0.4, -0.2) is 0 Å². The number of furan rings is 1. The molecule has 11 rings (SSSR count). The van der Waals surface area contributed by atoms with Crippen molar-refractivity contribution in [3.05, 3.63) is 205 Å². The molecule has 0 fully saturated rings. The number of rotatable bonds is 7. The van der Waals surface area contributed by atoms with E-state index in [-0.39, 0.29) is 0 Å². The summed E-state index contributed by atoms with van der Waals surface area (Å²) in [5, 5.41) is 9.49. The van der Waals surface area contributed by atoms with Gasteiger partial charge in [0, 0.05) is 56.3 Å². The predicted octanol–water partition coefficient (Wildman–Crippen LogP) is 14.5. The van der Waals surface area contributed by atoms with Crippen LogP contribution >= 0.6 is 0 Å². The molecule has 0 aliphatic carbocycles. The summed E-state index contributed by atoms with van der Waals surface area (Å²) in [5.41, 5.74) is 9.62. The highest BCUT2D eigenvalue weighted by Gasteiger charge is 2.24. The van der Waals surface area contributed by atoms with Crippen molar-refractivity contribution in [1.29, 1.82) is 0 Å². The van der Waals surface area contributed by atoms with E-state index in [1.807, 2.05) is 24.3 Å². The van der Waals surface area contributed by atoms with E-state index in [1.54, 1.807) is 0 Å².